The molecule has 124 valence electrons. The van der Waals surface area contributed by atoms with E-state index in [0.717, 1.165) is 19.3 Å². The molecule has 1 aromatic carbocycles. The molecule has 0 aliphatic heterocycles. The number of nitrogens with one attached hydrogen (secondary N) is 2. The normalized spacial score (nSPS) is 13.9. The van der Waals surface area contributed by atoms with E-state index in [-0.39, 0.29) is 6.61 Å². The molecule has 0 saturated carbocycles. The fourth-order valence-electron chi connectivity index (χ4n) is 2.38. The molecule has 23 heavy (non-hydrogen) atoms. The summed E-state index contributed by atoms with van der Waals surface area (Å²) in [7, 11) is 0. The van der Waals surface area contributed by atoms with Crippen LogP contribution in [0.5, 0.6) is 5.75 Å². The summed E-state index contributed by atoms with van der Waals surface area (Å²) < 4.78 is 5.26. The van der Waals surface area contributed by atoms with Crippen molar-refractivity contribution in [2.24, 2.45) is 0 Å². The summed E-state index contributed by atoms with van der Waals surface area (Å²) in [5.74, 6) is -0.0170. The zero-order valence-electron chi connectivity index (χ0n) is 12.9. The summed E-state index contributed by atoms with van der Waals surface area (Å²) in [6, 6.07) is 6.23. The lowest BCUT2D eigenvalue weighted by Crippen LogP contribution is -2.42. The number of hydrogen-bond acceptors (Lipinski definition) is 3. The van der Waals surface area contributed by atoms with Gasteiger partial charge in [0.05, 0.1) is 0 Å². The summed E-state index contributed by atoms with van der Waals surface area (Å²) in [4.78, 5) is 23.3. The summed E-state index contributed by atoms with van der Waals surface area (Å²) >= 11 is 5.82. The molecule has 0 atom stereocenters. The van der Waals surface area contributed by atoms with Gasteiger partial charge in [0.2, 0.25) is 0 Å². The van der Waals surface area contributed by atoms with Gasteiger partial charge in [-0.2, -0.15) is 0 Å². The van der Waals surface area contributed by atoms with Gasteiger partial charge in [0, 0.05) is 11.6 Å². The smallest absolute Gasteiger partial charge is 0.321 e. The Morgan fingerprint density at radius 1 is 1.26 bits per heavy atom. The second kappa shape index (κ2) is 9.20. The van der Waals surface area contributed by atoms with Crippen molar-refractivity contribution in [3.8, 4) is 5.75 Å². The Hall–Kier alpha value is -2.01. The molecule has 0 bridgehead atoms. The molecule has 3 amide bonds. The minimum Gasteiger partial charge on any atom is -0.484 e. The van der Waals surface area contributed by atoms with Gasteiger partial charge in [0.1, 0.15) is 5.75 Å². The molecular formula is C17H21ClN2O3. The number of carbonyl (C=O) groups excluding carboxylic acids is 2. The van der Waals surface area contributed by atoms with Crippen molar-refractivity contribution in [1.29, 1.82) is 0 Å². The Labute approximate surface area is 141 Å². The minimum absolute atomic E-state index is 0.237. The standard InChI is InChI=1S/C17H21ClN2O3/c18-14-7-4-8-15(11-14)23-12-16(21)20-17(22)19-10-9-13-5-2-1-3-6-13/h4-5,7-8,11H,1-3,6,9-10,12H2,(H2,19,20,21,22). The highest BCUT2D eigenvalue weighted by atomic mass is 35.5. The number of benzene rings is 1. The van der Waals surface area contributed by atoms with Crippen LogP contribution in [0.25, 0.3) is 0 Å². The summed E-state index contributed by atoms with van der Waals surface area (Å²) in [5, 5.41) is 5.44. The lowest BCUT2D eigenvalue weighted by molar-refractivity contribution is -0.122. The molecule has 2 rings (SSSR count). The zero-order chi connectivity index (χ0) is 16.5. The molecule has 1 aliphatic carbocycles. The third kappa shape index (κ3) is 6.74. The maximum absolute atomic E-state index is 11.6. The lowest BCUT2D eigenvalue weighted by atomic mass is 9.97. The number of amides is 3. The first-order valence-corrected chi connectivity index (χ1v) is 8.15. The molecule has 5 nitrogen and oxygen atoms in total. The van der Waals surface area contributed by atoms with E-state index in [1.165, 1.54) is 18.4 Å². The van der Waals surface area contributed by atoms with Crippen molar-refractivity contribution in [2.45, 2.75) is 32.1 Å². The second-order valence-electron chi connectivity index (χ2n) is 5.41. The monoisotopic (exact) mass is 336 g/mol. The molecule has 0 heterocycles. The van der Waals surface area contributed by atoms with Gasteiger partial charge in [0.15, 0.2) is 6.61 Å². The zero-order valence-corrected chi connectivity index (χ0v) is 13.7. The third-order valence-electron chi connectivity index (χ3n) is 3.54. The SMILES string of the molecule is O=C(COc1cccc(Cl)c1)NC(=O)NCCC1=CCCCC1. The first kappa shape index (κ1) is 17.3. The van der Waals surface area contributed by atoms with Crippen LogP contribution in [0.3, 0.4) is 0 Å². The molecule has 0 fully saturated rings. The number of ether oxygens (including phenoxy) is 1. The Kier molecular flexibility index (Phi) is 6.94. The van der Waals surface area contributed by atoms with Gasteiger partial charge in [-0.3, -0.25) is 10.1 Å². The molecule has 6 heteroatoms. The Morgan fingerprint density at radius 2 is 2.13 bits per heavy atom. The number of allylic oxidation sites excluding steroid dienone is 1. The average Bonchev–Trinajstić information content (AvgIpc) is 2.54. The van der Waals surface area contributed by atoms with Crippen molar-refractivity contribution in [1.82, 2.24) is 10.6 Å². The van der Waals surface area contributed by atoms with Crippen molar-refractivity contribution < 1.29 is 14.3 Å². The van der Waals surface area contributed by atoms with Crippen LogP contribution in [0.15, 0.2) is 35.9 Å². The Balaban J connectivity index is 1.62. The summed E-state index contributed by atoms with van der Waals surface area (Å²) in [6.45, 7) is 0.291. The fourth-order valence-corrected chi connectivity index (χ4v) is 2.56. The van der Waals surface area contributed by atoms with Gasteiger partial charge in [-0.1, -0.05) is 29.3 Å². The number of rotatable bonds is 6. The maximum atomic E-state index is 11.6. The maximum Gasteiger partial charge on any atom is 0.321 e. The van der Waals surface area contributed by atoms with Gasteiger partial charge >= 0.3 is 6.03 Å². The molecule has 0 spiro atoms. The summed E-state index contributed by atoms with van der Waals surface area (Å²) in [5.41, 5.74) is 1.38. The van der Waals surface area contributed by atoms with E-state index in [1.807, 2.05) is 0 Å². The number of hydrogen-bond donors (Lipinski definition) is 2. The second-order valence-corrected chi connectivity index (χ2v) is 5.84. The van der Waals surface area contributed by atoms with Crippen LogP contribution < -0.4 is 15.4 Å². The highest BCUT2D eigenvalue weighted by molar-refractivity contribution is 6.30. The van der Waals surface area contributed by atoms with E-state index in [2.05, 4.69) is 16.7 Å². The highest BCUT2D eigenvalue weighted by Gasteiger charge is 2.09. The average molecular weight is 337 g/mol. The predicted octanol–water partition coefficient (Wildman–Crippen LogP) is 3.44. The van der Waals surface area contributed by atoms with Crippen LogP contribution in [0.2, 0.25) is 5.02 Å². The van der Waals surface area contributed by atoms with E-state index in [4.69, 9.17) is 16.3 Å². The number of imide groups is 1. The minimum atomic E-state index is -0.501. The van der Waals surface area contributed by atoms with Crippen LogP contribution in [0.4, 0.5) is 4.79 Å². The summed E-state index contributed by atoms with van der Waals surface area (Å²) in [6.07, 6.45) is 7.78. The largest absolute Gasteiger partial charge is 0.484 e. The number of halogens is 1. The first-order valence-electron chi connectivity index (χ1n) is 7.77. The van der Waals surface area contributed by atoms with Crippen molar-refractivity contribution >= 4 is 23.5 Å². The molecule has 2 N–H and O–H groups in total. The van der Waals surface area contributed by atoms with Gasteiger partial charge in [-0.25, -0.2) is 4.79 Å². The molecule has 0 unspecified atom stereocenters. The Morgan fingerprint density at radius 3 is 2.87 bits per heavy atom. The van der Waals surface area contributed by atoms with E-state index < -0.39 is 11.9 Å². The van der Waals surface area contributed by atoms with Gasteiger partial charge < -0.3 is 10.1 Å². The molecular weight excluding hydrogens is 316 g/mol. The topological polar surface area (TPSA) is 67.4 Å². The highest BCUT2D eigenvalue weighted by Crippen LogP contribution is 2.19. The van der Waals surface area contributed by atoms with E-state index >= 15 is 0 Å². The van der Waals surface area contributed by atoms with Crippen LogP contribution >= 0.6 is 11.6 Å². The van der Waals surface area contributed by atoms with Crippen molar-refractivity contribution in [2.75, 3.05) is 13.2 Å². The van der Waals surface area contributed by atoms with Crippen LogP contribution in [0, 0.1) is 0 Å². The molecule has 0 radical (unpaired) electrons. The van der Waals surface area contributed by atoms with Gasteiger partial charge in [0.25, 0.3) is 5.91 Å². The first-order chi connectivity index (χ1) is 11.1. The molecule has 0 saturated heterocycles. The van der Waals surface area contributed by atoms with Gasteiger partial charge in [-0.05, 0) is 50.3 Å². The number of carbonyl (C=O) groups is 2. The molecule has 0 aromatic heterocycles. The van der Waals surface area contributed by atoms with E-state index in [9.17, 15) is 9.59 Å². The Bertz CT molecular complexity index is 587. The van der Waals surface area contributed by atoms with Crippen LogP contribution in [-0.4, -0.2) is 25.1 Å². The molecule has 1 aliphatic rings. The van der Waals surface area contributed by atoms with Crippen LogP contribution in [0.1, 0.15) is 32.1 Å². The fraction of sp³-hybridized carbons (Fsp3) is 0.412. The van der Waals surface area contributed by atoms with Gasteiger partial charge in [-0.15, -0.1) is 0 Å². The third-order valence-corrected chi connectivity index (χ3v) is 3.77. The number of urea groups is 1. The van der Waals surface area contributed by atoms with E-state index in [0.29, 0.717) is 17.3 Å². The lowest BCUT2D eigenvalue weighted by Gasteiger charge is -2.13. The van der Waals surface area contributed by atoms with Crippen molar-refractivity contribution in [3.63, 3.8) is 0 Å². The van der Waals surface area contributed by atoms with E-state index in [1.54, 1.807) is 24.3 Å². The van der Waals surface area contributed by atoms with Crippen molar-refractivity contribution in [3.05, 3.63) is 40.9 Å². The predicted molar refractivity (Wildman–Crippen MR) is 89.7 cm³/mol. The van der Waals surface area contributed by atoms with Crippen LogP contribution in [-0.2, 0) is 4.79 Å². The quantitative estimate of drug-likeness (QED) is 0.782. The molecule has 1 aromatic rings.